The highest BCUT2D eigenvalue weighted by Gasteiger charge is 2.28. The Morgan fingerprint density at radius 3 is 2.58 bits per heavy atom. The Bertz CT molecular complexity index is 898. The molecule has 1 amide bonds. The predicted octanol–water partition coefficient (Wildman–Crippen LogP) is 4.11. The van der Waals surface area contributed by atoms with Gasteiger partial charge in [0.05, 0.1) is 21.5 Å². The van der Waals surface area contributed by atoms with Crippen LogP contribution in [0.25, 0.3) is 0 Å². The van der Waals surface area contributed by atoms with Crippen molar-refractivity contribution < 1.29 is 13.2 Å². The summed E-state index contributed by atoms with van der Waals surface area (Å²) in [5, 5.41) is 2.62. The molecule has 1 heterocycles. The van der Waals surface area contributed by atoms with Crippen LogP contribution in [0.3, 0.4) is 0 Å². The van der Waals surface area contributed by atoms with Gasteiger partial charge in [-0.15, -0.1) is 11.8 Å². The van der Waals surface area contributed by atoms with Gasteiger partial charge in [0.1, 0.15) is 0 Å². The molecule has 138 valence electrons. The third-order valence-corrected chi connectivity index (χ3v) is 7.23. The lowest BCUT2D eigenvalue weighted by Gasteiger charge is -2.26. The van der Waals surface area contributed by atoms with Crippen molar-refractivity contribution >= 4 is 39.1 Å². The number of hydrogen-bond donors (Lipinski definition) is 1. The van der Waals surface area contributed by atoms with Crippen molar-refractivity contribution in [3.8, 4) is 0 Å². The van der Waals surface area contributed by atoms with Gasteiger partial charge in [-0.25, -0.2) is 8.42 Å². The lowest BCUT2D eigenvalue weighted by Crippen LogP contribution is -2.32. The Kier molecular flexibility index (Phi) is 5.58. The zero-order valence-electron chi connectivity index (χ0n) is 14.8. The number of unbranched alkanes of at least 4 members (excludes halogenated alkanes) is 1. The molecular weight excluding hydrogens is 368 g/mol. The summed E-state index contributed by atoms with van der Waals surface area (Å²) in [5.74, 6) is -0.108. The van der Waals surface area contributed by atoms with Gasteiger partial charge in [-0.3, -0.25) is 9.10 Å². The number of thioether (sulfide) groups is 1. The molecule has 7 heteroatoms. The van der Waals surface area contributed by atoms with E-state index in [0.29, 0.717) is 17.9 Å². The van der Waals surface area contributed by atoms with E-state index in [-0.39, 0.29) is 16.1 Å². The summed E-state index contributed by atoms with van der Waals surface area (Å²) in [4.78, 5) is 13.0. The van der Waals surface area contributed by atoms with E-state index in [1.165, 1.54) is 16.1 Å². The van der Waals surface area contributed by atoms with Crippen LogP contribution in [0.15, 0.2) is 58.3 Å². The Balaban J connectivity index is 2.00. The maximum absolute atomic E-state index is 13.3. The first-order valence-electron chi connectivity index (χ1n) is 8.63. The summed E-state index contributed by atoms with van der Waals surface area (Å²) in [6.45, 7) is 4.27. The lowest BCUT2D eigenvalue weighted by molar-refractivity contribution is -0.115. The number of carbonyl (C=O) groups is 1. The summed E-state index contributed by atoms with van der Waals surface area (Å²) in [7, 11) is -3.72. The summed E-state index contributed by atoms with van der Waals surface area (Å²) in [6.07, 6.45) is 1.66. The summed E-state index contributed by atoms with van der Waals surface area (Å²) >= 11 is 1.44. The van der Waals surface area contributed by atoms with E-state index in [1.807, 2.05) is 32.0 Å². The van der Waals surface area contributed by atoms with Crippen molar-refractivity contribution in [2.45, 2.75) is 41.7 Å². The highest BCUT2D eigenvalue weighted by molar-refractivity contribution is 8.01. The quantitative estimate of drug-likeness (QED) is 0.806. The molecule has 0 fully saturated rings. The second-order valence-corrected chi connectivity index (χ2v) is 9.42. The Labute approximate surface area is 158 Å². The van der Waals surface area contributed by atoms with E-state index < -0.39 is 10.0 Å². The van der Waals surface area contributed by atoms with E-state index in [9.17, 15) is 13.2 Å². The minimum absolute atomic E-state index is 0.108. The average Bonchev–Trinajstić information content (AvgIpc) is 2.63. The molecule has 0 unspecified atom stereocenters. The van der Waals surface area contributed by atoms with E-state index in [2.05, 4.69) is 5.32 Å². The van der Waals surface area contributed by atoms with Gasteiger partial charge >= 0.3 is 0 Å². The fourth-order valence-electron chi connectivity index (χ4n) is 2.76. The number of carbonyl (C=O) groups excluding carboxylic acids is 1. The van der Waals surface area contributed by atoms with Gasteiger partial charge in [0.2, 0.25) is 5.91 Å². The number of fused-ring (bicyclic) bond motifs is 1. The smallest absolute Gasteiger partial charge is 0.264 e. The summed E-state index contributed by atoms with van der Waals surface area (Å²) < 4.78 is 28.0. The molecule has 0 radical (unpaired) electrons. The fourth-order valence-corrected chi connectivity index (χ4v) is 5.22. The van der Waals surface area contributed by atoms with Gasteiger partial charge in [-0.1, -0.05) is 31.5 Å². The van der Waals surface area contributed by atoms with Crippen molar-refractivity contribution in [3.63, 3.8) is 0 Å². The maximum atomic E-state index is 13.3. The minimum Gasteiger partial charge on any atom is -0.324 e. The van der Waals surface area contributed by atoms with Crippen LogP contribution in [-0.4, -0.2) is 26.1 Å². The molecule has 26 heavy (non-hydrogen) atoms. The number of hydrogen-bond acceptors (Lipinski definition) is 4. The third-order valence-electron chi connectivity index (χ3n) is 4.23. The van der Waals surface area contributed by atoms with Crippen LogP contribution in [0.1, 0.15) is 26.7 Å². The van der Waals surface area contributed by atoms with Crippen molar-refractivity contribution in [2.24, 2.45) is 0 Å². The molecule has 2 aromatic rings. The Hall–Kier alpha value is -1.99. The molecule has 0 aliphatic carbocycles. The maximum Gasteiger partial charge on any atom is 0.264 e. The normalized spacial score (nSPS) is 16.7. The van der Waals surface area contributed by atoms with Gasteiger partial charge in [-0.2, -0.15) is 0 Å². The van der Waals surface area contributed by atoms with Gasteiger partial charge in [0.15, 0.2) is 0 Å². The predicted molar refractivity (Wildman–Crippen MR) is 106 cm³/mol. The molecule has 0 saturated heterocycles. The molecule has 0 saturated carbocycles. The summed E-state index contributed by atoms with van der Waals surface area (Å²) in [6, 6.07) is 14.1. The van der Waals surface area contributed by atoms with Crippen molar-refractivity contribution in [3.05, 3.63) is 48.5 Å². The van der Waals surface area contributed by atoms with Gasteiger partial charge in [0, 0.05) is 11.4 Å². The standard InChI is InChI=1S/C19H22N2O3S2/c1-3-4-12-21(15-8-6-5-7-9-15)26(23,24)16-10-11-18-17(13-16)20-19(22)14(2)25-18/h5-11,13-14H,3-4,12H2,1-2H3,(H,20,22)/t14-/m1/s1. The van der Waals surface area contributed by atoms with E-state index >= 15 is 0 Å². The number of para-hydroxylation sites is 1. The fraction of sp³-hybridized carbons (Fsp3) is 0.316. The number of rotatable bonds is 6. The number of sulfonamides is 1. The van der Waals surface area contributed by atoms with Crippen LogP contribution in [0.5, 0.6) is 0 Å². The molecule has 5 nitrogen and oxygen atoms in total. The van der Waals surface area contributed by atoms with Crippen molar-refractivity contribution in [2.75, 3.05) is 16.2 Å². The van der Waals surface area contributed by atoms with Gasteiger partial charge in [-0.05, 0) is 43.7 Å². The topological polar surface area (TPSA) is 66.5 Å². The molecule has 0 spiro atoms. The number of nitrogens with one attached hydrogen (secondary N) is 1. The van der Waals surface area contributed by atoms with Crippen molar-refractivity contribution in [1.82, 2.24) is 0 Å². The first-order chi connectivity index (χ1) is 12.4. The zero-order valence-corrected chi connectivity index (χ0v) is 16.4. The number of benzene rings is 2. The molecular formula is C19H22N2O3S2. The van der Waals surface area contributed by atoms with E-state index in [0.717, 1.165) is 17.7 Å². The SMILES string of the molecule is CCCCN(c1ccccc1)S(=O)(=O)c1ccc2c(c1)NC(=O)[C@@H](C)S2. The van der Waals surface area contributed by atoms with Crippen LogP contribution in [0.4, 0.5) is 11.4 Å². The van der Waals surface area contributed by atoms with Crippen LogP contribution in [0, 0.1) is 0 Å². The van der Waals surface area contributed by atoms with Crippen LogP contribution in [0.2, 0.25) is 0 Å². The Morgan fingerprint density at radius 1 is 1.15 bits per heavy atom. The highest BCUT2D eigenvalue weighted by Crippen LogP contribution is 2.37. The molecule has 2 aromatic carbocycles. The molecule has 1 aliphatic rings. The van der Waals surface area contributed by atoms with E-state index in [1.54, 1.807) is 30.3 Å². The van der Waals surface area contributed by atoms with Gasteiger partial charge in [0.25, 0.3) is 10.0 Å². The molecule has 3 rings (SSSR count). The average molecular weight is 391 g/mol. The van der Waals surface area contributed by atoms with Crippen LogP contribution < -0.4 is 9.62 Å². The Morgan fingerprint density at radius 2 is 1.88 bits per heavy atom. The number of anilines is 2. The minimum atomic E-state index is -3.72. The molecule has 0 aromatic heterocycles. The molecule has 0 bridgehead atoms. The second kappa shape index (κ2) is 7.72. The first-order valence-corrected chi connectivity index (χ1v) is 10.9. The largest absolute Gasteiger partial charge is 0.324 e. The van der Waals surface area contributed by atoms with Gasteiger partial charge < -0.3 is 5.32 Å². The molecule has 1 aliphatic heterocycles. The summed E-state index contributed by atoms with van der Waals surface area (Å²) in [5.41, 5.74) is 1.20. The van der Waals surface area contributed by atoms with Crippen LogP contribution in [-0.2, 0) is 14.8 Å². The zero-order chi connectivity index (χ0) is 18.7. The molecule has 1 atom stereocenters. The van der Waals surface area contributed by atoms with E-state index in [4.69, 9.17) is 0 Å². The van der Waals surface area contributed by atoms with Crippen LogP contribution >= 0.6 is 11.8 Å². The highest BCUT2D eigenvalue weighted by atomic mass is 32.2. The first kappa shape index (κ1) is 18.8. The third kappa shape index (κ3) is 3.73. The number of amides is 1. The number of nitrogens with zero attached hydrogens (tertiary/aromatic N) is 1. The second-order valence-electron chi connectivity index (χ2n) is 6.17. The van der Waals surface area contributed by atoms with Crippen molar-refractivity contribution in [1.29, 1.82) is 0 Å². The lowest BCUT2D eigenvalue weighted by atomic mass is 10.3. The molecule has 1 N–H and O–H groups in total. The monoisotopic (exact) mass is 390 g/mol.